The molecule has 1 unspecified atom stereocenters. The number of hydrogen-bond donors (Lipinski definition) is 0. The predicted octanol–water partition coefficient (Wildman–Crippen LogP) is 5.32. The van der Waals surface area contributed by atoms with Crippen LogP contribution in [-0.4, -0.2) is 42.1 Å². The van der Waals surface area contributed by atoms with Crippen molar-refractivity contribution < 1.29 is 0 Å². The summed E-state index contributed by atoms with van der Waals surface area (Å²) in [6.45, 7) is 14.2. The van der Waals surface area contributed by atoms with E-state index in [4.69, 9.17) is 4.98 Å². The molecule has 0 spiro atoms. The average Bonchev–Trinajstić information content (AvgIpc) is 2.67. The van der Waals surface area contributed by atoms with Gasteiger partial charge in [-0.1, -0.05) is 26.3 Å². The molecule has 2 aliphatic rings. The van der Waals surface area contributed by atoms with E-state index in [0.717, 1.165) is 17.9 Å². The van der Waals surface area contributed by atoms with Gasteiger partial charge in [0.05, 0.1) is 0 Å². The summed E-state index contributed by atoms with van der Waals surface area (Å²) in [5.41, 5.74) is 1.34. The van der Waals surface area contributed by atoms with E-state index < -0.39 is 0 Å². The third-order valence-corrected chi connectivity index (χ3v) is 6.64. The molecular formula is C23H39N3. The van der Waals surface area contributed by atoms with Crippen molar-refractivity contribution in [2.75, 3.05) is 31.1 Å². The van der Waals surface area contributed by atoms with Gasteiger partial charge in [-0.05, 0) is 81.9 Å². The summed E-state index contributed by atoms with van der Waals surface area (Å²) < 4.78 is 0. The van der Waals surface area contributed by atoms with Gasteiger partial charge in [-0.2, -0.15) is 0 Å². The highest BCUT2D eigenvalue weighted by atomic mass is 15.2. The molecule has 1 atom stereocenters. The van der Waals surface area contributed by atoms with Crippen molar-refractivity contribution in [3.8, 4) is 0 Å². The summed E-state index contributed by atoms with van der Waals surface area (Å²) in [5.74, 6) is 3.60. The van der Waals surface area contributed by atoms with Crippen LogP contribution < -0.4 is 4.90 Å². The Labute approximate surface area is 161 Å². The fraction of sp³-hybridized carbons (Fsp3) is 0.783. The highest BCUT2D eigenvalue weighted by molar-refractivity contribution is 5.40. The maximum Gasteiger partial charge on any atom is 0.128 e. The van der Waals surface area contributed by atoms with Crippen LogP contribution in [0, 0.1) is 11.8 Å². The lowest BCUT2D eigenvalue weighted by Gasteiger charge is -2.37. The summed E-state index contributed by atoms with van der Waals surface area (Å²) in [5, 5.41) is 0. The van der Waals surface area contributed by atoms with Crippen LogP contribution in [-0.2, 0) is 0 Å². The molecular weight excluding hydrogens is 318 g/mol. The second-order valence-electron chi connectivity index (χ2n) is 9.21. The van der Waals surface area contributed by atoms with Crippen molar-refractivity contribution in [2.24, 2.45) is 11.8 Å². The lowest BCUT2D eigenvalue weighted by Crippen LogP contribution is -2.40. The molecule has 0 aromatic carbocycles. The monoisotopic (exact) mass is 357 g/mol. The van der Waals surface area contributed by atoms with Gasteiger partial charge < -0.3 is 9.80 Å². The van der Waals surface area contributed by atoms with Crippen molar-refractivity contribution in [3.63, 3.8) is 0 Å². The molecule has 3 heteroatoms. The molecule has 0 aliphatic carbocycles. The Morgan fingerprint density at radius 2 is 1.69 bits per heavy atom. The Balaban J connectivity index is 1.41. The number of nitrogens with zero attached hydrogens (tertiary/aromatic N) is 3. The summed E-state index contributed by atoms with van der Waals surface area (Å²) in [6, 6.07) is 5.19. The molecule has 26 heavy (non-hydrogen) atoms. The number of anilines is 1. The summed E-state index contributed by atoms with van der Waals surface area (Å²) in [7, 11) is 0. The normalized spacial score (nSPS) is 23.2. The van der Waals surface area contributed by atoms with Gasteiger partial charge in [-0.25, -0.2) is 4.98 Å². The smallest absolute Gasteiger partial charge is 0.128 e. The van der Waals surface area contributed by atoms with Crippen molar-refractivity contribution in [1.82, 2.24) is 9.88 Å². The molecule has 1 aromatic heterocycles. The Hall–Kier alpha value is -1.09. The van der Waals surface area contributed by atoms with Gasteiger partial charge in [0.2, 0.25) is 0 Å². The minimum Gasteiger partial charge on any atom is -0.357 e. The van der Waals surface area contributed by atoms with Gasteiger partial charge in [0.15, 0.2) is 0 Å². The van der Waals surface area contributed by atoms with E-state index in [1.54, 1.807) is 0 Å². The maximum absolute atomic E-state index is 4.71. The number of likely N-dealkylation sites (tertiary alicyclic amines) is 1. The van der Waals surface area contributed by atoms with E-state index in [2.05, 4.69) is 55.8 Å². The molecule has 2 saturated heterocycles. The van der Waals surface area contributed by atoms with Crippen LogP contribution in [0.3, 0.4) is 0 Å². The lowest BCUT2D eigenvalue weighted by molar-refractivity contribution is 0.130. The van der Waals surface area contributed by atoms with E-state index in [-0.39, 0.29) is 0 Å². The third kappa shape index (κ3) is 5.22. The summed E-state index contributed by atoms with van der Waals surface area (Å²) in [6.07, 6.45) is 10.5. The quantitative estimate of drug-likeness (QED) is 0.686. The zero-order chi connectivity index (χ0) is 18.5. The van der Waals surface area contributed by atoms with Gasteiger partial charge in [-0.15, -0.1) is 0 Å². The number of rotatable bonds is 6. The van der Waals surface area contributed by atoms with Crippen molar-refractivity contribution in [3.05, 3.63) is 23.9 Å². The van der Waals surface area contributed by atoms with Crippen molar-refractivity contribution in [2.45, 2.75) is 78.2 Å². The Bertz CT molecular complexity index is 529. The molecule has 2 aliphatic heterocycles. The molecule has 0 radical (unpaired) electrons. The van der Waals surface area contributed by atoms with Crippen LogP contribution >= 0.6 is 0 Å². The van der Waals surface area contributed by atoms with Crippen molar-refractivity contribution >= 4 is 5.82 Å². The fourth-order valence-electron chi connectivity index (χ4n) is 4.65. The molecule has 0 amide bonds. The SMILES string of the molecule is CC(C)c1ccc(N2CCC(CCC3CCCN(C(C)C)C3)CC2)nc1. The first-order valence-corrected chi connectivity index (χ1v) is 11.0. The minimum atomic E-state index is 0.564. The highest BCUT2D eigenvalue weighted by Crippen LogP contribution is 2.29. The number of hydrogen-bond acceptors (Lipinski definition) is 3. The highest BCUT2D eigenvalue weighted by Gasteiger charge is 2.24. The van der Waals surface area contributed by atoms with E-state index in [0.29, 0.717) is 5.92 Å². The zero-order valence-electron chi connectivity index (χ0n) is 17.5. The molecule has 0 bridgehead atoms. The van der Waals surface area contributed by atoms with E-state index in [1.165, 1.54) is 76.1 Å². The predicted molar refractivity (Wildman–Crippen MR) is 112 cm³/mol. The molecule has 0 saturated carbocycles. The summed E-state index contributed by atoms with van der Waals surface area (Å²) >= 11 is 0. The molecule has 3 rings (SSSR count). The average molecular weight is 358 g/mol. The van der Waals surface area contributed by atoms with Gasteiger partial charge in [0.25, 0.3) is 0 Å². The number of pyridine rings is 1. The third-order valence-electron chi connectivity index (χ3n) is 6.64. The molecule has 3 nitrogen and oxygen atoms in total. The first-order chi connectivity index (χ1) is 12.5. The molecule has 0 N–H and O–H groups in total. The first kappa shape index (κ1) is 19.7. The van der Waals surface area contributed by atoms with Gasteiger partial charge >= 0.3 is 0 Å². The lowest BCUT2D eigenvalue weighted by atomic mass is 9.85. The standard InChI is InChI=1S/C23H39N3/c1-18(2)22-9-10-23(24-16-22)25-14-11-20(12-15-25)7-8-21-6-5-13-26(17-21)19(3)4/h9-10,16,18-21H,5-8,11-15,17H2,1-4H3. The zero-order valence-corrected chi connectivity index (χ0v) is 17.5. The topological polar surface area (TPSA) is 19.4 Å². The van der Waals surface area contributed by atoms with Gasteiger partial charge in [-0.3, -0.25) is 0 Å². The number of aromatic nitrogens is 1. The van der Waals surface area contributed by atoms with Crippen LogP contribution in [0.2, 0.25) is 0 Å². The first-order valence-electron chi connectivity index (χ1n) is 11.0. The van der Waals surface area contributed by atoms with Crippen LogP contribution in [0.25, 0.3) is 0 Å². The summed E-state index contributed by atoms with van der Waals surface area (Å²) in [4.78, 5) is 9.88. The van der Waals surface area contributed by atoms with E-state index in [9.17, 15) is 0 Å². The van der Waals surface area contributed by atoms with Crippen LogP contribution in [0.5, 0.6) is 0 Å². The Morgan fingerprint density at radius 3 is 2.31 bits per heavy atom. The second-order valence-corrected chi connectivity index (χ2v) is 9.21. The van der Waals surface area contributed by atoms with Crippen molar-refractivity contribution in [1.29, 1.82) is 0 Å². The maximum atomic E-state index is 4.71. The molecule has 3 heterocycles. The number of piperidine rings is 2. The Kier molecular flexibility index (Phi) is 6.97. The van der Waals surface area contributed by atoms with Gasteiger partial charge in [0, 0.05) is 31.9 Å². The minimum absolute atomic E-state index is 0.564. The largest absolute Gasteiger partial charge is 0.357 e. The molecule has 2 fully saturated rings. The molecule has 146 valence electrons. The van der Waals surface area contributed by atoms with E-state index in [1.807, 2.05) is 0 Å². The van der Waals surface area contributed by atoms with Gasteiger partial charge in [0.1, 0.15) is 5.82 Å². The van der Waals surface area contributed by atoms with Crippen LogP contribution in [0.15, 0.2) is 18.3 Å². The van der Waals surface area contributed by atoms with Crippen LogP contribution in [0.1, 0.15) is 77.7 Å². The fourth-order valence-corrected chi connectivity index (χ4v) is 4.65. The second kappa shape index (κ2) is 9.21. The van der Waals surface area contributed by atoms with E-state index >= 15 is 0 Å². The van der Waals surface area contributed by atoms with Crippen LogP contribution in [0.4, 0.5) is 5.82 Å². The Morgan fingerprint density at radius 1 is 0.962 bits per heavy atom. The molecule has 1 aromatic rings.